The van der Waals surface area contributed by atoms with Crippen LogP contribution in [0.2, 0.25) is 0 Å². The molecule has 0 aliphatic carbocycles. The molecule has 0 aliphatic rings. The predicted molar refractivity (Wildman–Crippen MR) is 191 cm³/mol. The Morgan fingerprint density at radius 1 is 0.681 bits per heavy atom. The molecule has 3 unspecified atom stereocenters. The number of ether oxygens (including phenoxy) is 2. The third-order valence-electron chi connectivity index (χ3n) is 6.63. The van der Waals surface area contributed by atoms with Crippen molar-refractivity contribution < 1.29 is 43.0 Å². The molecule has 47 heavy (non-hydrogen) atoms. The van der Waals surface area contributed by atoms with Crippen molar-refractivity contribution >= 4 is 13.8 Å². The molecule has 0 aliphatic heterocycles. The fourth-order valence-corrected chi connectivity index (χ4v) is 4.80. The number of rotatable bonds is 32. The van der Waals surface area contributed by atoms with Gasteiger partial charge in [-0.25, -0.2) is 4.57 Å². The highest BCUT2D eigenvalue weighted by Gasteiger charge is 2.26. The minimum absolute atomic E-state index is 0.0126. The summed E-state index contributed by atoms with van der Waals surface area (Å²) in [5.41, 5.74) is 0. The molecule has 0 saturated carbocycles. The molecule has 0 rings (SSSR count). The summed E-state index contributed by atoms with van der Waals surface area (Å²) in [7, 11) is -4.53. The Labute approximate surface area is 284 Å². The zero-order chi connectivity index (χ0) is 34.7. The number of carbonyl (C=O) groups is 1. The molecule has 0 saturated heterocycles. The Bertz CT molecular complexity index is 955. The number of unbranched alkanes of at least 4 members (excludes halogenated alkanes) is 6. The summed E-state index contributed by atoms with van der Waals surface area (Å²) in [5, 5.41) is 18.2. The van der Waals surface area contributed by atoms with Gasteiger partial charge in [0.2, 0.25) is 0 Å². The molecule has 0 fully saturated rings. The first-order valence-electron chi connectivity index (χ1n) is 17.4. The molecule has 270 valence electrons. The minimum atomic E-state index is -4.53. The number of phosphoric acid groups is 1. The van der Waals surface area contributed by atoms with Crippen LogP contribution in [0, 0.1) is 0 Å². The maximum Gasteiger partial charge on any atom is 0.472 e. The minimum Gasteiger partial charge on any atom is -0.457 e. The van der Waals surface area contributed by atoms with Crippen LogP contribution in [0.4, 0.5) is 0 Å². The van der Waals surface area contributed by atoms with Crippen LogP contribution in [0.25, 0.3) is 0 Å². The first-order chi connectivity index (χ1) is 22.8. The number of aliphatic hydroxyl groups is 2. The highest BCUT2D eigenvalue weighted by molar-refractivity contribution is 7.47. The summed E-state index contributed by atoms with van der Waals surface area (Å²) in [4.78, 5) is 22.4. The summed E-state index contributed by atoms with van der Waals surface area (Å²) in [6, 6.07) is 0. The highest BCUT2D eigenvalue weighted by atomic mass is 31.2. The largest absolute Gasteiger partial charge is 0.472 e. The second-order valence-electron chi connectivity index (χ2n) is 11.1. The normalized spacial score (nSPS) is 15.3. The second-order valence-corrected chi connectivity index (χ2v) is 12.6. The van der Waals surface area contributed by atoms with Crippen LogP contribution in [-0.2, 0) is 27.9 Å². The van der Waals surface area contributed by atoms with E-state index >= 15 is 0 Å². The van der Waals surface area contributed by atoms with Crippen LogP contribution in [0.3, 0.4) is 0 Å². The SMILES string of the molecule is CC/C=C\C/C=C\C/C=C\C/C=C\C/C=C\CCOCC(COP(=O)(O)OCC(O)CO)OC(=O)CCCCCCC/C=C\CCC. The van der Waals surface area contributed by atoms with Crippen LogP contribution in [-0.4, -0.2) is 66.3 Å². The zero-order valence-corrected chi connectivity index (χ0v) is 29.9. The molecule has 0 aromatic carbocycles. The van der Waals surface area contributed by atoms with Crippen LogP contribution in [0.15, 0.2) is 72.9 Å². The van der Waals surface area contributed by atoms with Crippen molar-refractivity contribution in [2.45, 2.75) is 122 Å². The number of hydrogen-bond acceptors (Lipinski definition) is 8. The average molecular weight is 683 g/mol. The lowest BCUT2D eigenvalue weighted by molar-refractivity contribution is -0.154. The molecule has 0 aromatic heterocycles. The molecule has 9 nitrogen and oxygen atoms in total. The molecule has 0 radical (unpaired) electrons. The monoisotopic (exact) mass is 682 g/mol. The van der Waals surface area contributed by atoms with Crippen molar-refractivity contribution in [1.29, 1.82) is 0 Å². The van der Waals surface area contributed by atoms with Crippen LogP contribution in [0.5, 0.6) is 0 Å². The number of phosphoric ester groups is 1. The standard InChI is InChI=1S/C37H63O9P/c1-3-5-7-9-11-13-15-16-17-18-19-20-22-24-26-28-30-43-33-36(34-45-47(41,42)44-32-35(39)31-38)46-37(40)29-27-25-23-21-14-12-10-8-6-4-2/h5,7-8,10-11,13,16-17,19-20,24,26,35-36,38-39H,3-4,6,9,12,14-15,18,21-23,25,27-34H2,1-2H3,(H,41,42)/b7-5-,10-8-,13-11-,17-16-,20-19-,26-24-. The molecular formula is C37H63O9P. The van der Waals surface area contributed by atoms with E-state index in [-0.39, 0.29) is 13.0 Å². The molecule has 0 bridgehead atoms. The van der Waals surface area contributed by atoms with Gasteiger partial charge < -0.3 is 24.6 Å². The van der Waals surface area contributed by atoms with Crippen molar-refractivity contribution in [3.8, 4) is 0 Å². The second kappa shape index (κ2) is 33.8. The summed E-state index contributed by atoms with van der Waals surface area (Å²) in [6.45, 7) is 3.05. The topological polar surface area (TPSA) is 132 Å². The molecule has 0 spiro atoms. The van der Waals surface area contributed by atoms with Crippen molar-refractivity contribution in [2.24, 2.45) is 0 Å². The van der Waals surface area contributed by atoms with E-state index in [0.717, 1.165) is 70.6 Å². The predicted octanol–water partition coefficient (Wildman–Crippen LogP) is 8.63. The first kappa shape index (κ1) is 44.9. The summed E-state index contributed by atoms with van der Waals surface area (Å²) in [6.07, 6.45) is 37.5. The van der Waals surface area contributed by atoms with Crippen LogP contribution in [0.1, 0.15) is 110 Å². The summed E-state index contributed by atoms with van der Waals surface area (Å²) >= 11 is 0. The maximum atomic E-state index is 12.5. The van der Waals surface area contributed by atoms with Crippen LogP contribution >= 0.6 is 7.82 Å². The lowest BCUT2D eigenvalue weighted by Crippen LogP contribution is -2.29. The van der Waals surface area contributed by atoms with Gasteiger partial charge >= 0.3 is 13.8 Å². The van der Waals surface area contributed by atoms with Crippen molar-refractivity contribution in [1.82, 2.24) is 0 Å². The quantitative estimate of drug-likeness (QED) is 0.0276. The van der Waals surface area contributed by atoms with Crippen molar-refractivity contribution in [3.05, 3.63) is 72.9 Å². The van der Waals surface area contributed by atoms with Gasteiger partial charge in [-0.15, -0.1) is 0 Å². The van der Waals surface area contributed by atoms with E-state index in [1.165, 1.54) is 6.42 Å². The third-order valence-corrected chi connectivity index (χ3v) is 7.58. The fourth-order valence-electron chi connectivity index (χ4n) is 4.01. The number of allylic oxidation sites excluding steroid dienone is 11. The lowest BCUT2D eigenvalue weighted by atomic mass is 10.1. The average Bonchev–Trinajstić information content (AvgIpc) is 3.06. The van der Waals surface area contributed by atoms with Gasteiger partial charge in [0.15, 0.2) is 0 Å². The fraction of sp³-hybridized carbons (Fsp3) is 0.649. The van der Waals surface area contributed by atoms with E-state index < -0.39 is 45.8 Å². The zero-order valence-electron chi connectivity index (χ0n) is 29.0. The van der Waals surface area contributed by atoms with Gasteiger partial charge in [0.1, 0.15) is 12.2 Å². The van der Waals surface area contributed by atoms with E-state index in [2.05, 4.69) is 85.2 Å². The molecular weight excluding hydrogens is 619 g/mol. The summed E-state index contributed by atoms with van der Waals surface area (Å²) in [5.74, 6) is -0.424. The molecule has 10 heteroatoms. The van der Waals surface area contributed by atoms with E-state index in [4.69, 9.17) is 19.1 Å². The van der Waals surface area contributed by atoms with Gasteiger partial charge in [-0.05, 0) is 64.2 Å². The number of hydrogen-bond donors (Lipinski definition) is 3. The van der Waals surface area contributed by atoms with E-state index in [9.17, 15) is 19.4 Å². The Morgan fingerprint density at radius 3 is 1.83 bits per heavy atom. The summed E-state index contributed by atoms with van der Waals surface area (Å²) < 4.78 is 33.0. The van der Waals surface area contributed by atoms with E-state index in [1.807, 2.05) is 6.08 Å². The van der Waals surface area contributed by atoms with Gasteiger partial charge in [-0.2, -0.15) is 0 Å². The Hall–Kier alpha value is -2.10. The van der Waals surface area contributed by atoms with Gasteiger partial charge in [0.05, 0.1) is 33.0 Å². The Kier molecular flexibility index (Phi) is 32.3. The molecule has 0 aromatic rings. The number of aliphatic hydroxyl groups excluding tert-OH is 2. The van der Waals surface area contributed by atoms with Gasteiger partial charge in [-0.1, -0.05) is 112 Å². The Balaban J connectivity index is 4.43. The van der Waals surface area contributed by atoms with Crippen molar-refractivity contribution in [2.75, 3.05) is 33.0 Å². The number of carbonyl (C=O) groups excluding carboxylic acids is 1. The maximum absolute atomic E-state index is 12.5. The van der Waals surface area contributed by atoms with Crippen LogP contribution < -0.4 is 0 Å². The van der Waals surface area contributed by atoms with Gasteiger partial charge in [-0.3, -0.25) is 13.8 Å². The smallest absolute Gasteiger partial charge is 0.457 e. The van der Waals surface area contributed by atoms with Gasteiger partial charge in [0, 0.05) is 6.42 Å². The van der Waals surface area contributed by atoms with Crippen molar-refractivity contribution in [3.63, 3.8) is 0 Å². The molecule has 3 N–H and O–H groups in total. The first-order valence-corrected chi connectivity index (χ1v) is 18.9. The Morgan fingerprint density at radius 2 is 1.21 bits per heavy atom. The molecule has 3 atom stereocenters. The number of esters is 1. The highest BCUT2D eigenvalue weighted by Crippen LogP contribution is 2.43. The lowest BCUT2D eigenvalue weighted by Gasteiger charge is -2.20. The van der Waals surface area contributed by atoms with E-state index in [1.54, 1.807) is 0 Å². The van der Waals surface area contributed by atoms with E-state index in [0.29, 0.717) is 19.4 Å². The molecule has 0 heterocycles. The van der Waals surface area contributed by atoms with Gasteiger partial charge in [0.25, 0.3) is 0 Å². The molecule has 0 amide bonds. The third kappa shape index (κ3) is 33.6.